The SMILES string of the molecule is CS(=O)(=O)N1CCCN(C(=O)/C=C/c2ccco2)CC1. The van der Waals surface area contributed by atoms with Crippen LogP contribution in [0.25, 0.3) is 6.08 Å². The third-order valence-electron chi connectivity index (χ3n) is 3.17. The molecule has 0 unspecified atom stereocenters. The lowest BCUT2D eigenvalue weighted by Gasteiger charge is -2.19. The minimum Gasteiger partial charge on any atom is -0.465 e. The number of sulfonamides is 1. The molecule has 0 saturated carbocycles. The van der Waals surface area contributed by atoms with Gasteiger partial charge in [-0.1, -0.05) is 0 Å². The highest BCUT2D eigenvalue weighted by Crippen LogP contribution is 2.08. The van der Waals surface area contributed by atoms with E-state index in [9.17, 15) is 13.2 Å². The molecule has 0 bridgehead atoms. The Bertz CT molecular complexity index is 578. The van der Waals surface area contributed by atoms with Gasteiger partial charge in [-0.15, -0.1) is 0 Å². The number of rotatable bonds is 3. The molecule has 2 heterocycles. The van der Waals surface area contributed by atoms with Gasteiger partial charge in [0.25, 0.3) is 0 Å². The molecular formula is C13H18N2O4S. The summed E-state index contributed by atoms with van der Waals surface area (Å²) < 4.78 is 29.5. The first kappa shape index (κ1) is 14.8. The van der Waals surface area contributed by atoms with Crippen molar-refractivity contribution >= 4 is 22.0 Å². The highest BCUT2D eigenvalue weighted by Gasteiger charge is 2.22. The summed E-state index contributed by atoms with van der Waals surface area (Å²) in [5, 5.41) is 0. The normalized spacial score (nSPS) is 18.4. The molecule has 6 nitrogen and oxygen atoms in total. The number of amides is 1. The van der Waals surface area contributed by atoms with E-state index >= 15 is 0 Å². The van der Waals surface area contributed by atoms with Crippen LogP contribution < -0.4 is 0 Å². The number of hydrogen-bond acceptors (Lipinski definition) is 4. The lowest BCUT2D eigenvalue weighted by Crippen LogP contribution is -2.36. The maximum absolute atomic E-state index is 12.0. The molecule has 0 aliphatic carbocycles. The van der Waals surface area contributed by atoms with Crippen LogP contribution in [0.2, 0.25) is 0 Å². The number of nitrogens with zero attached hydrogens (tertiary/aromatic N) is 2. The summed E-state index contributed by atoms with van der Waals surface area (Å²) in [5.74, 6) is 0.489. The van der Waals surface area contributed by atoms with Gasteiger partial charge in [-0.25, -0.2) is 12.7 Å². The fraction of sp³-hybridized carbons (Fsp3) is 0.462. The number of carbonyl (C=O) groups is 1. The Labute approximate surface area is 118 Å². The minimum atomic E-state index is -3.18. The van der Waals surface area contributed by atoms with Crippen molar-refractivity contribution in [1.29, 1.82) is 0 Å². The molecule has 1 aromatic rings. The average Bonchev–Trinajstić information content (AvgIpc) is 2.76. The Morgan fingerprint density at radius 3 is 2.75 bits per heavy atom. The molecule has 1 fully saturated rings. The smallest absolute Gasteiger partial charge is 0.246 e. The molecule has 0 atom stereocenters. The van der Waals surface area contributed by atoms with Crippen LogP contribution in [0.4, 0.5) is 0 Å². The molecular weight excluding hydrogens is 280 g/mol. The molecule has 20 heavy (non-hydrogen) atoms. The van der Waals surface area contributed by atoms with E-state index in [1.807, 2.05) is 0 Å². The van der Waals surface area contributed by atoms with Gasteiger partial charge in [-0.3, -0.25) is 4.79 Å². The predicted molar refractivity (Wildman–Crippen MR) is 75.4 cm³/mol. The second-order valence-electron chi connectivity index (χ2n) is 4.69. The molecule has 1 amide bonds. The number of hydrogen-bond donors (Lipinski definition) is 0. The van der Waals surface area contributed by atoms with Gasteiger partial charge in [0.1, 0.15) is 5.76 Å². The van der Waals surface area contributed by atoms with E-state index < -0.39 is 10.0 Å². The van der Waals surface area contributed by atoms with E-state index in [0.717, 1.165) is 0 Å². The van der Waals surface area contributed by atoms with Crippen molar-refractivity contribution in [3.05, 3.63) is 30.2 Å². The van der Waals surface area contributed by atoms with Gasteiger partial charge in [-0.2, -0.15) is 0 Å². The Balaban J connectivity index is 1.95. The zero-order valence-corrected chi connectivity index (χ0v) is 12.2. The maximum atomic E-state index is 12.0. The molecule has 110 valence electrons. The molecule has 2 rings (SSSR count). The molecule has 1 aromatic heterocycles. The van der Waals surface area contributed by atoms with E-state index in [0.29, 0.717) is 38.4 Å². The van der Waals surface area contributed by atoms with Crippen molar-refractivity contribution in [2.45, 2.75) is 6.42 Å². The van der Waals surface area contributed by atoms with Crippen LogP contribution in [0.1, 0.15) is 12.2 Å². The Hall–Kier alpha value is -1.60. The van der Waals surface area contributed by atoms with Crippen LogP contribution in [0, 0.1) is 0 Å². The van der Waals surface area contributed by atoms with Crippen LogP contribution >= 0.6 is 0 Å². The van der Waals surface area contributed by atoms with Crippen molar-refractivity contribution in [1.82, 2.24) is 9.21 Å². The lowest BCUT2D eigenvalue weighted by molar-refractivity contribution is -0.125. The zero-order chi connectivity index (χ0) is 14.6. The monoisotopic (exact) mass is 298 g/mol. The van der Waals surface area contributed by atoms with E-state index in [-0.39, 0.29) is 5.91 Å². The van der Waals surface area contributed by atoms with Crippen molar-refractivity contribution in [2.75, 3.05) is 32.4 Å². The first-order chi connectivity index (χ1) is 9.47. The molecule has 1 aliphatic heterocycles. The first-order valence-electron chi connectivity index (χ1n) is 6.42. The Morgan fingerprint density at radius 1 is 1.30 bits per heavy atom. The third-order valence-corrected chi connectivity index (χ3v) is 4.47. The minimum absolute atomic E-state index is 0.128. The van der Waals surface area contributed by atoms with Gasteiger partial charge in [0, 0.05) is 32.3 Å². The van der Waals surface area contributed by atoms with Crippen LogP contribution in [0.3, 0.4) is 0 Å². The highest BCUT2D eigenvalue weighted by atomic mass is 32.2. The van der Waals surface area contributed by atoms with Crippen molar-refractivity contribution in [2.24, 2.45) is 0 Å². The highest BCUT2D eigenvalue weighted by molar-refractivity contribution is 7.88. The molecule has 1 aliphatic rings. The quantitative estimate of drug-likeness (QED) is 0.773. The molecule has 0 radical (unpaired) electrons. The van der Waals surface area contributed by atoms with Gasteiger partial charge >= 0.3 is 0 Å². The number of carbonyl (C=O) groups excluding carboxylic acids is 1. The van der Waals surface area contributed by atoms with E-state index in [4.69, 9.17) is 4.42 Å². The first-order valence-corrected chi connectivity index (χ1v) is 8.27. The van der Waals surface area contributed by atoms with Gasteiger partial charge in [0.05, 0.1) is 12.5 Å². The van der Waals surface area contributed by atoms with Crippen molar-refractivity contribution in [3.8, 4) is 0 Å². The van der Waals surface area contributed by atoms with Crippen LogP contribution in [0.5, 0.6) is 0 Å². The molecule has 0 aromatic carbocycles. The Morgan fingerprint density at radius 2 is 2.10 bits per heavy atom. The summed E-state index contributed by atoms with van der Waals surface area (Å²) in [6.07, 6.45) is 6.45. The molecule has 0 spiro atoms. The van der Waals surface area contributed by atoms with E-state index in [1.54, 1.807) is 29.4 Å². The van der Waals surface area contributed by atoms with Crippen molar-refractivity contribution in [3.63, 3.8) is 0 Å². The molecule has 0 N–H and O–H groups in total. The zero-order valence-electron chi connectivity index (χ0n) is 11.4. The summed E-state index contributed by atoms with van der Waals surface area (Å²) in [4.78, 5) is 13.7. The Kier molecular flexibility index (Phi) is 4.61. The van der Waals surface area contributed by atoms with Gasteiger partial charge in [-0.05, 0) is 24.6 Å². The third kappa shape index (κ3) is 3.94. The second kappa shape index (κ2) is 6.23. The fourth-order valence-electron chi connectivity index (χ4n) is 2.09. The van der Waals surface area contributed by atoms with Gasteiger partial charge < -0.3 is 9.32 Å². The predicted octanol–water partition coefficient (Wildman–Crippen LogP) is 0.787. The van der Waals surface area contributed by atoms with E-state index in [2.05, 4.69) is 0 Å². The molecule has 1 saturated heterocycles. The standard InChI is InChI=1S/C13H18N2O4S/c1-20(17,18)15-8-3-7-14(9-10-15)13(16)6-5-12-4-2-11-19-12/h2,4-6,11H,3,7-10H2,1H3/b6-5+. The summed E-state index contributed by atoms with van der Waals surface area (Å²) in [5.41, 5.74) is 0. The van der Waals surface area contributed by atoms with Crippen molar-refractivity contribution < 1.29 is 17.6 Å². The number of furan rings is 1. The second-order valence-corrected chi connectivity index (χ2v) is 6.67. The van der Waals surface area contributed by atoms with Crippen LogP contribution in [-0.2, 0) is 14.8 Å². The van der Waals surface area contributed by atoms with Gasteiger partial charge in [0.15, 0.2) is 0 Å². The molecule has 7 heteroatoms. The topological polar surface area (TPSA) is 70.8 Å². The maximum Gasteiger partial charge on any atom is 0.246 e. The summed E-state index contributed by atoms with van der Waals surface area (Å²) >= 11 is 0. The average molecular weight is 298 g/mol. The largest absolute Gasteiger partial charge is 0.465 e. The van der Waals surface area contributed by atoms with Crippen LogP contribution in [-0.4, -0.2) is 56.0 Å². The van der Waals surface area contributed by atoms with Crippen LogP contribution in [0.15, 0.2) is 28.9 Å². The lowest BCUT2D eigenvalue weighted by atomic mass is 10.3. The summed E-state index contributed by atoms with van der Waals surface area (Å²) in [7, 11) is -3.18. The summed E-state index contributed by atoms with van der Waals surface area (Å²) in [6.45, 7) is 1.78. The summed E-state index contributed by atoms with van der Waals surface area (Å²) in [6, 6.07) is 3.51. The van der Waals surface area contributed by atoms with E-state index in [1.165, 1.54) is 16.6 Å². The van der Waals surface area contributed by atoms with Gasteiger partial charge in [0.2, 0.25) is 15.9 Å². The fourth-order valence-corrected chi connectivity index (χ4v) is 2.96.